The number of carbonyl (C=O) groups excluding carboxylic acids is 1. The van der Waals surface area contributed by atoms with Gasteiger partial charge < -0.3 is 14.6 Å². The Labute approximate surface area is 101 Å². The van der Waals surface area contributed by atoms with Crippen molar-refractivity contribution < 1.29 is 9.53 Å². The molecular formula is C12H19N3O2. The third kappa shape index (κ3) is 3.22. The Balaban J connectivity index is 1.72. The van der Waals surface area contributed by atoms with E-state index in [0.29, 0.717) is 6.04 Å². The zero-order chi connectivity index (χ0) is 12.5. The molecule has 0 atom stereocenters. The van der Waals surface area contributed by atoms with Crippen LogP contribution in [0.15, 0.2) is 18.7 Å². The zero-order valence-electron chi connectivity index (χ0n) is 10.5. The van der Waals surface area contributed by atoms with Crippen molar-refractivity contribution in [2.75, 3.05) is 0 Å². The molecule has 1 N–H and O–H groups in total. The fourth-order valence-electron chi connectivity index (χ4n) is 1.91. The Morgan fingerprint density at radius 2 is 2.18 bits per heavy atom. The monoisotopic (exact) mass is 237 g/mol. The van der Waals surface area contributed by atoms with E-state index in [2.05, 4.69) is 14.9 Å². The lowest BCUT2D eigenvalue weighted by atomic mass is 9.87. The maximum absolute atomic E-state index is 11.5. The molecule has 0 aliphatic heterocycles. The summed E-state index contributed by atoms with van der Waals surface area (Å²) in [6.45, 7) is 5.59. The highest BCUT2D eigenvalue weighted by Crippen LogP contribution is 2.31. The molecule has 0 radical (unpaired) electrons. The van der Waals surface area contributed by atoms with Gasteiger partial charge in [0.15, 0.2) is 0 Å². The molecule has 1 fully saturated rings. The molecule has 1 aromatic rings. The van der Waals surface area contributed by atoms with E-state index in [1.807, 2.05) is 33.3 Å². The summed E-state index contributed by atoms with van der Waals surface area (Å²) < 4.78 is 7.28. The van der Waals surface area contributed by atoms with E-state index in [1.54, 1.807) is 6.20 Å². The highest BCUT2D eigenvalue weighted by molar-refractivity contribution is 5.68. The first-order valence-electron chi connectivity index (χ1n) is 5.91. The molecule has 0 unspecified atom stereocenters. The minimum absolute atomic E-state index is 0.220. The van der Waals surface area contributed by atoms with E-state index in [1.165, 1.54) is 0 Å². The van der Waals surface area contributed by atoms with E-state index in [-0.39, 0.29) is 12.1 Å². The van der Waals surface area contributed by atoms with Crippen molar-refractivity contribution in [1.29, 1.82) is 0 Å². The Kier molecular flexibility index (Phi) is 3.09. The molecule has 5 nitrogen and oxygen atoms in total. The molecule has 1 heterocycles. The average molecular weight is 237 g/mol. The molecule has 1 amide bonds. The second kappa shape index (κ2) is 4.39. The van der Waals surface area contributed by atoms with Crippen LogP contribution in [0.4, 0.5) is 4.79 Å². The summed E-state index contributed by atoms with van der Waals surface area (Å²) in [6.07, 6.45) is 7.09. The van der Waals surface area contributed by atoms with Gasteiger partial charge in [-0.25, -0.2) is 9.78 Å². The lowest BCUT2D eigenvalue weighted by Crippen LogP contribution is -2.46. The van der Waals surface area contributed by atoms with Crippen LogP contribution in [0.5, 0.6) is 0 Å². The van der Waals surface area contributed by atoms with Gasteiger partial charge in [0.25, 0.3) is 0 Å². The lowest BCUT2D eigenvalue weighted by molar-refractivity contribution is 0.0456. The highest BCUT2D eigenvalue weighted by Gasteiger charge is 2.32. The number of imidazole rings is 1. The number of hydrogen-bond donors (Lipinski definition) is 1. The summed E-state index contributed by atoms with van der Waals surface area (Å²) in [6, 6.07) is 0.676. The number of alkyl carbamates (subject to hydrolysis) is 1. The minimum atomic E-state index is -0.433. The van der Waals surface area contributed by atoms with Gasteiger partial charge in [-0.15, -0.1) is 0 Å². The average Bonchev–Trinajstić information content (AvgIpc) is 2.59. The first-order chi connectivity index (χ1) is 7.94. The van der Waals surface area contributed by atoms with Crippen LogP contribution in [-0.4, -0.2) is 27.3 Å². The maximum Gasteiger partial charge on any atom is 0.407 e. The van der Waals surface area contributed by atoms with Crippen LogP contribution in [0.3, 0.4) is 0 Å². The topological polar surface area (TPSA) is 56.1 Å². The third-order valence-electron chi connectivity index (χ3n) is 2.78. The lowest BCUT2D eigenvalue weighted by Gasteiger charge is -2.36. The van der Waals surface area contributed by atoms with E-state index in [4.69, 9.17) is 4.74 Å². The van der Waals surface area contributed by atoms with Crippen molar-refractivity contribution in [3.8, 4) is 0 Å². The number of aromatic nitrogens is 2. The van der Waals surface area contributed by atoms with Crippen LogP contribution in [0, 0.1) is 0 Å². The smallest absolute Gasteiger partial charge is 0.407 e. The summed E-state index contributed by atoms with van der Waals surface area (Å²) in [5.41, 5.74) is -0.433. The molecule has 17 heavy (non-hydrogen) atoms. The fourth-order valence-corrected chi connectivity index (χ4v) is 1.91. The Bertz CT molecular complexity index is 375. The van der Waals surface area contributed by atoms with Gasteiger partial charge in [0.05, 0.1) is 6.33 Å². The van der Waals surface area contributed by atoms with Gasteiger partial charge in [-0.05, 0) is 33.6 Å². The molecule has 0 bridgehead atoms. The summed E-state index contributed by atoms with van der Waals surface area (Å²) >= 11 is 0. The van der Waals surface area contributed by atoms with E-state index < -0.39 is 5.60 Å². The number of amides is 1. The molecule has 0 saturated heterocycles. The summed E-state index contributed by atoms with van der Waals surface area (Å²) in [7, 11) is 0. The largest absolute Gasteiger partial charge is 0.444 e. The van der Waals surface area contributed by atoms with Crippen molar-refractivity contribution >= 4 is 6.09 Å². The van der Waals surface area contributed by atoms with Crippen LogP contribution >= 0.6 is 0 Å². The summed E-state index contributed by atoms with van der Waals surface area (Å²) in [5, 5.41) is 2.87. The van der Waals surface area contributed by atoms with Crippen molar-refractivity contribution in [3.05, 3.63) is 18.7 Å². The van der Waals surface area contributed by atoms with Gasteiger partial charge >= 0.3 is 6.09 Å². The summed E-state index contributed by atoms with van der Waals surface area (Å²) in [5.74, 6) is 0. The number of hydrogen-bond acceptors (Lipinski definition) is 3. The highest BCUT2D eigenvalue weighted by atomic mass is 16.6. The number of carbonyl (C=O) groups is 1. The summed E-state index contributed by atoms with van der Waals surface area (Å²) in [4.78, 5) is 15.5. The Morgan fingerprint density at radius 1 is 1.47 bits per heavy atom. The molecule has 94 valence electrons. The molecule has 0 aromatic carbocycles. The van der Waals surface area contributed by atoms with Crippen LogP contribution in [0.1, 0.15) is 39.7 Å². The molecular weight excluding hydrogens is 218 g/mol. The van der Waals surface area contributed by atoms with Gasteiger partial charge in [-0.2, -0.15) is 0 Å². The molecule has 1 aromatic heterocycles. The van der Waals surface area contributed by atoms with Crippen LogP contribution in [0.25, 0.3) is 0 Å². The number of nitrogens with one attached hydrogen (secondary N) is 1. The quantitative estimate of drug-likeness (QED) is 0.857. The van der Waals surface area contributed by atoms with Crippen LogP contribution < -0.4 is 5.32 Å². The van der Waals surface area contributed by atoms with Gasteiger partial charge in [0.2, 0.25) is 0 Å². The van der Waals surface area contributed by atoms with Crippen molar-refractivity contribution in [3.63, 3.8) is 0 Å². The van der Waals surface area contributed by atoms with Crippen LogP contribution in [0.2, 0.25) is 0 Å². The normalized spacial score (nSPS) is 23.9. The zero-order valence-corrected chi connectivity index (χ0v) is 10.5. The Hall–Kier alpha value is -1.52. The molecule has 2 rings (SSSR count). The predicted molar refractivity (Wildman–Crippen MR) is 63.7 cm³/mol. The number of rotatable bonds is 2. The van der Waals surface area contributed by atoms with E-state index >= 15 is 0 Å². The Morgan fingerprint density at radius 3 is 2.71 bits per heavy atom. The molecule has 1 aliphatic rings. The van der Waals surface area contributed by atoms with Crippen LogP contribution in [-0.2, 0) is 4.74 Å². The van der Waals surface area contributed by atoms with Crippen molar-refractivity contribution in [2.24, 2.45) is 0 Å². The standard InChI is InChI=1S/C12H19N3O2/c1-12(2,3)17-11(16)14-9-6-10(7-9)15-5-4-13-8-15/h4-5,8-10H,6-7H2,1-3H3,(H,14,16). The number of ether oxygens (including phenoxy) is 1. The van der Waals surface area contributed by atoms with Crippen molar-refractivity contribution in [1.82, 2.24) is 14.9 Å². The van der Waals surface area contributed by atoms with E-state index in [0.717, 1.165) is 12.8 Å². The predicted octanol–water partition coefficient (Wildman–Crippen LogP) is 2.11. The SMILES string of the molecule is CC(C)(C)OC(=O)NC1CC(n2ccnc2)C1. The second-order valence-electron chi connectivity index (χ2n) is 5.48. The molecule has 0 spiro atoms. The maximum atomic E-state index is 11.5. The number of nitrogens with zero attached hydrogens (tertiary/aromatic N) is 2. The molecule has 1 aliphatic carbocycles. The first kappa shape index (κ1) is 12.0. The second-order valence-corrected chi connectivity index (χ2v) is 5.48. The minimum Gasteiger partial charge on any atom is -0.444 e. The van der Waals surface area contributed by atoms with Gasteiger partial charge in [0, 0.05) is 24.5 Å². The fraction of sp³-hybridized carbons (Fsp3) is 0.667. The third-order valence-corrected chi connectivity index (χ3v) is 2.78. The van der Waals surface area contributed by atoms with Gasteiger partial charge in [0.1, 0.15) is 5.60 Å². The van der Waals surface area contributed by atoms with E-state index in [9.17, 15) is 4.79 Å². The van der Waals surface area contributed by atoms with Gasteiger partial charge in [-0.3, -0.25) is 0 Å². The first-order valence-corrected chi connectivity index (χ1v) is 5.91. The molecule has 5 heteroatoms. The van der Waals surface area contributed by atoms with Crippen molar-refractivity contribution in [2.45, 2.75) is 51.3 Å². The molecule has 1 saturated carbocycles. The van der Waals surface area contributed by atoms with Gasteiger partial charge in [-0.1, -0.05) is 0 Å².